The highest BCUT2D eigenvalue weighted by atomic mass is 16.5. The molecule has 8 heteroatoms. The van der Waals surface area contributed by atoms with E-state index in [4.69, 9.17) is 14.2 Å². The van der Waals surface area contributed by atoms with Gasteiger partial charge in [0.1, 0.15) is 5.82 Å². The van der Waals surface area contributed by atoms with Gasteiger partial charge in [0.25, 0.3) is 0 Å². The number of aromatic nitrogens is 2. The summed E-state index contributed by atoms with van der Waals surface area (Å²) < 4.78 is 16.1. The minimum Gasteiger partial charge on any atom is -0.493 e. The summed E-state index contributed by atoms with van der Waals surface area (Å²) in [7, 11) is 4.67. The molecule has 2 aromatic carbocycles. The van der Waals surface area contributed by atoms with Crippen LogP contribution < -0.4 is 24.8 Å². The summed E-state index contributed by atoms with van der Waals surface area (Å²) in [6.07, 6.45) is 0.987. The first-order valence-electron chi connectivity index (χ1n) is 9.42. The molecule has 1 heterocycles. The average Bonchev–Trinajstić information content (AvgIpc) is 2.77. The molecular weight excluding hydrogens is 384 g/mol. The van der Waals surface area contributed by atoms with Gasteiger partial charge in [-0.3, -0.25) is 0 Å². The number of hydrogen-bond acceptors (Lipinski definition) is 8. The van der Waals surface area contributed by atoms with Crippen molar-refractivity contribution in [3.63, 3.8) is 0 Å². The highest BCUT2D eigenvalue weighted by Crippen LogP contribution is 2.40. The van der Waals surface area contributed by atoms with Crippen molar-refractivity contribution < 1.29 is 19.3 Å². The number of nitrogens with zero attached hydrogens (tertiary/aromatic N) is 2. The maximum atomic E-state index is 10.4. The number of hydrogen-bond donors (Lipinski definition) is 3. The van der Waals surface area contributed by atoms with Crippen LogP contribution in [-0.4, -0.2) is 42.9 Å². The Morgan fingerprint density at radius 2 is 1.73 bits per heavy atom. The molecule has 1 unspecified atom stereocenters. The van der Waals surface area contributed by atoms with Gasteiger partial charge >= 0.3 is 0 Å². The predicted octanol–water partition coefficient (Wildman–Crippen LogP) is 3.70. The first-order valence-corrected chi connectivity index (χ1v) is 9.42. The van der Waals surface area contributed by atoms with Gasteiger partial charge in [-0.05, 0) is 18.6 Å². The van der Waals surface area contributed by atoms with Gasteiger partial charge < -0.3 is 30.0 Å². The lowest BCUT2D eigenvalue weighted by Gasteiger charge is -2.15. The molecule has 0 amide bonds. The molecule has 0 bridgehead atoms. The Bertz CT molecular complexity index is 971. The SMILES string of the molecule is COc1cc(Nc2nccc(NCC(O)c3cccc(C)c3)n2)cc(OC)c1OC. The third-order valence-electron chi connectivity index (χ3n) is 4.48. The topological polar surface area (TPSA) is 97.8 Å². The molecule has 3 rings (SSSR count). The number of nitrogens with one attached hydrogen (secondary N) is 2. The quantitative estimate of drug-likeness (QED) is 0.491. The van der Waals surface area contributed by atoms with Gasteiger partial charge in [-0.1, -0.05) is 29.8 Å². The molecule has 0 saturated carbocycles. The predicted molar refractivity (Wildman–Crippen MR) is 116 cm³/mol. The first kappa shape index (κ1) is 21.2. The number of aliphatic hydroxyl groups is 1. The summed E-state index contributed by atoms with van der Waals surface area (Å²) in [5, 5.41) is 16.7. The highest BCUT2D eigenvalue weighted by Gasteiger charge is 2.14. The lowest BCUT2D eigenvalue weighted by atomic mass is 10.1. The minimum atomic E-state index is -0.647. The van der Waals surface area contributed by atoms with E-state index in [-0.39, 0.29) is 0 Å². The van der Waals surface area contributed by atoms with Crippen molar-refractivity contribution in [2.45, 2.75) is 13.0 Å². The van der Waals surface area contributed by atoms with Gasteiger partial charge in [0.2, 0.25) is 11.7 Å². The largest absolute Gasteiger partial charge is 0.493 e. The number of benzene rings is 2. The standard InChI is InChI=1S/C22H26N4O4/c1-14-6-5-7-15(10-14)17(27)13-24-20-8-9-23-22(26-20)25-16-11-18(28-2)21(30-4)19(12-16)29-3/h5-12,17,27H,13H2,1-4H3,(H2,23,24,25,26). The van der Waals surface area contributed by atoms with Gasteiger partial charge in [-0.25, -0.2) is 4.98 Å². The lowest BCUT2D eigenvalue weighted by molar-refractivity contribution is 0.191. The summed E-state index contributed by atoms with van der Waals surface area (Å²) >= 11 is 0. The van der Waals surface area contributed by atoms with Gasteiger partial charge in [-0.2, -0.15) is 4.98 Å². The van der Waals surface area contributed by atoms with Crippen molar-refractivity contribution in [3.8, 4) is 17.2 Å². The van der Waals surface area contributed by atoms with E-state index in [1.807, 2.05) is 31.2 Å². The Labute approximate surface area is 175 Å². The molecule has 0 aliphatic rings. The second kappa shape index (κ2) is 9.80. The highest BCUT2D eigenvalue weighted by molar-refractivity contribution is 5.66. The zero-order valence-corrected chi connectivity index (χ0v) is 17.5. The number of ether oxygens (including phenoxy) is 3. The van der Waals surface area contributed by atoms with Crippen molar-refractivity contribution >= 4 is 17.5 Å². The summed E-state index contributed by atoms with van der Waals surface area (Å²) in [5.41, 5.74) is 2.64. The number of rotatable bonds is 9. The van der Waals surface area contributed by atoms with Crippen molar-refractivity contribution in [2.24, 2.45) is 0 Å². The Morgan fingerprint density at radius 1 is 1.00 bits per heavy atom. The Kier molecular flexibility index (Phi) is 6.92. The van der Waals surface area contributed by atoms with Crippen molar-refractivity contribution in [3.05, 3.63) is 59.8 Å². The zero-order valence-electron chi connectivity index (χ0n) is 17.5. The molecule has 1 atom stereocenters. The Hall–Kier alpha value is -3.52. The van der Waals surface area contributed by atoms with Gasteiger partial charge in [0, 0.05) is 30.6 Å². The van der Waals surface area contributed by atoms with Crippen LogP contribution in [0.5, 0.6) is 17.2 Å². The maximum absolute atomic E-state index is 10.4. The normalized spacial score (nSPS) is 11.5. The van der Waals surface area contributed by atoms with Crippen LogP contribution in [0.2, 0.25) is 0 Å². The molecule has 8 nitrogen and oxygen atoms in total. The summed E-state index contributed by atoms with van der Waals surface area (Å²) in [6.45, 7) is 2.32. The van der Waals surface area contributed by atoms with Gasteiger partial charge in [0.05, 0.1) is 27.4 Å². The molecule has 3 N–H and O–H groups in total. The molecular formula is C22H26N4O4. The fourth-order valence-electron chi connectivity index (χ4n) is 3.00. The van der Waals surface area contributed by atoms with E-state index in [0.717, 1.165) is 11.1 Å². The third-order valence-corrected chi connectivity index (χ3v) is 4.48. The first-order chi connectivity index (χ1) is 14.5. The summed E-state index contributed by atoms with van der Waals surface area (Å²) in [4.78, 5) is 8.69. The molecule has 0 fully saturated rings. The maximum Gasteiger partial charge on any atom is 0.229 e. The van der Waals surface area contributed by atoms with Crippen LogP contribution in [0.15, 0.2) is 48.7 Å². The number of anilines is 3. The number of aliphatic hydroxyl groups excluding tert-OH is 1. The fourth-order valence-corrected chi connectivity index (χ4v) is 3.00. The van der Waals surface area contributed by atoms with Crippen LogP contribution in [0.4, 0.5) is 17.5 Å². The molecule has 0 radical (unpaired) electrons. The number of methoxy groups -OCH3 is 3. The Morgan fingerprint density at radius 3 is 2.37 bits per heavy atom. The van der Waals surface area contributed by atoms with Crippen LogP contribution in [0.1, 0.15) is 17.2 Å². The lowest BCUT2D eigenvalue weighted by Crippen LogP contribution is -2.13. The average molecular weight is 410 g/mol. The van der Waals surface area contributed by atoms with Gasteiger partial charge in [-0.15, -0.1) is 0 Å². The third kappa shape index (κ3) is 5.09. The molecule has 1 aromatic heterocycles. The molecule has 0 aliphatic carbocycles. The van der Waals surface area contributed by atoms with E-state index >= 15 is 0 Å². The van der Waals surface area contributed by atoms with Crippen LogP contribution in [0.25, 0.3) is 0 Å². The van der Waals surface area contributed by atoms with E-state index in [1.165, 1.54) is 0 Å². The van der Waals surface area contributed by atoms with Crippen molar-refractivity contribution in [1.29, 1.82) is 0 Å². The van der Waals surface area contributed by atoms with Gasteiger partial charge in [0.15, 0.2) is 11.5 Å². The summed E-state index contributed by atoms with van der Waals surface area (Å²) in [5.74, 6) is 2.53. The fraction of sp³-hybridized carbons (Fsp3) is 0.273. The van der Waals surface area contributed by atoms with E-state index < -0.39 is 6.10 Å². The second-order valence-corrected chi connectivity index (χ2v) is 6.62. The van der Waals surface area contributed by atoms with Crippen molar-refractivity contribution in [1.82, 2.24) is 9.97 Å². The van der Waals surface area contributed by atoms with E-state index in [9.17, 15) is 5.11 Å². The Balaban J connectivity index is 1.71. The molecule has 0 spiro atoms. The van der Waals surface area contributed by atoms with Crippen LogP contribution in [0.3, 0.4) is 0 Å². The van der Waals surface area contributed by atoms with Crippen LogP contribution in [0, 0.1) is 6.92 Å². The van der Waals surface area contributed by atoms with E-state index in [1.54, 1.807) is 45.7 Å². The van der Waals surface area contributed by atoms with Crippen LogP contribution in [-0.2, 0) is 0 Å². The van der Waals surface area contributed by atoms with Crippen LogP contribution >= 0.6 is 0 Å². The molecule has 0 aliphatic heterocycles. The molecule has 158 valence electrons. The number of aryl methyl sites for hydroxylation is 1. The molecule has 30 heavy (non-hydrogen) atoms. The monoisotopic (exact) mass is 410 g/mol. The molecule has 3 aromatic rings. The molecule has 0 saturated heterocycles. The van der Waals surface area contributed by atoms with E-state index in [0.29, 0.717) is 41.2 Å². The van der Waals surface area contributed by atoms with Crippen molar-refractivity contribution in [2.75, 3.05) is 38.5 Å². The summed E-state index contributed by atoms with van der Waals surface area (Å²) in [6, 6.07) is 13.1. The minimum absolute atomic E-state index is 0.324. The zero-order chi connectivity index (χ0) is 21.5. The van der Waals surface area contributed by atoms with E-state index in [2.05, 4.69) is 20.6 Å². The smallest absolute Gasteiger partial charge is 0.229 e. The second-order valence-electron chi connectivity index (χ2n) is 6.62.